The molecule has 150 valence electrons. The molecule has 0 radical (unpaired) electrons. The molecule has 5 nitrogen and oxygen atoms in total. The van der Waals surface area contributed by atoms with E-state index in [-0.39, 0.29) is 5.91 Å². The summed E-state index contributed by atoms with van der Waals surface area (Å²) in [6, 6.07) is 8.22. The highest BCUT2D eigenvalue weighted by molar-refractivity contribution is 5.97. The van der Waals surface area contributed by atoms with Crippen LogP contribution in [0.5, 0.6) is 5.75 Å². The first-order valence-electron chi connectivity index (χ1n) is 10.4. The Kier molecular flexibility index (Phi) is 5.72. The smallest absolute Gasteiger partial charge is 0.257 e. The molecule has 1 fully saturated rings. The molecule has 1 aromatic carbocycles. The van der Waals surface area contributed by atoms with Gasteiger partial charge in [-0.2, -0.15) is 0 Å². The third-order valence-corrected chi connectivity index (χ3v) is 5.98. The molecule has 0 N–H and O–H groups in total. The first-order chi connectivity index (χ1) is 13.7. The Morgan fingerprint density at radius 3 is 2.46 bits per heavy atom. The van der Waals surface area contributed by atoms with Gasteiger partial charge in [0.05, 0.1) is 12.7 Å². The zero-order valence-corrected chi connectivity index (χ0v) is 17.0. The largest absolute Gasteiger partial charge is 0.497 e. The Bertz CT molecular complexity index is 817. The zero-order valence-electron chi connectivity index (χ0n) is 17.0. The maximum absolute atomic E-state index is 13.3. The summed E-state index contributed by atoms with van der Waals surface area (Å²) in [6.07, 6.45) is 5.52. The fraction of sp³-hybridized carbons (Fsp3) is 0.522. The Hall–Kier alpha value is -2.27. The number of hydrogen-bond acceptors (Lipinski definition) is 4. The van der Waals surface area contributed by atoms with Gasteiger partial charge in [0, 0.05) is 44.7 Å². The number of rotatable bonds is 4. The zero-order chi connectivity index (χ0) is 19.5. The van der Waals surface area contributed by atoms with Crippen LogP contribution < -0.4 is 4.74 Å². The van der Waals surface area contributed by atoms with Crippen molar-refractivity contribution in [2.45, 2.75) is 52.1 Å². The lowest BCUT2D eigenvalue weighted by Gasteiger charge is -2.27. The SMILES string of the molecule is COc1ccc(CN2CCc3oc(C)c(C(=O)N4CCCCCC4)c3C2)cc1. The molecule has 28 heavy (non-hydrogen) atoms. The lowest BCUT2D eigenvalue weighted by atomic mass is 10.0. The van der Waals surface area contributed by atoms with E-state index in [1.807, 2.05) is 24.0 Å². The van der Waals surface area contributed by atoms with Crippen molar-refractivity contribution in [3.8, 4) is 5.75 Å². The number of carbonyl (C=O) groups is 1. The van der Waals surface area contributed by atoms with Crippen molar-refractivity contribution in [1.82, 2.24) is 9.80 Å². The number of aryl methyl sites for hydroxylation is 1. The van der Waals surface area contributed by atoms with E-state index >= 15 is 0 Å². The van der Waals surface area contributed by atoms with Crippen LogP contribution in [0.4, 0.5) is 0 Å². The van der Waals surface area contributed by atoms with Gasteiger partial charge in [0.1, 0.15) is 17.3 Å². The van der Waals surface area contributed by atoms with Gasteiger partial charge < -0.3 is 14.1 Å². The number of fused-ring (bicyclic) bond motifs is 1. The minimum Gasteiger partial charge on any atom is -0.497 e. The number of benzene rings is 1. The predicted octanol–water partition coefficient (Wildman–Crippen LogP) is 4.17. The Morgan fingerprint density at radius 1 is 1.07 bits per heavy atom. The van der Waals surface area contributed by atoms with E-state index in [1.54, 1.807) is 7.11 Å². The van der Waals surface area contributed by atoms with Crippen molar-refractivity contribution >= 4 is 5.91 Å². The molecule has 1 aromatic heterocycles. The van der Waals surface area contributed by atoms with Gasteiger partial charge in [-0.25, -0.2) is 0 Å². The van der Waals surface area contributed by atoms with Crippen molar-refractivity contribution in [2.24, 2.45) is 0 Å². The summed E-state index contributed by atoms with van der Waals surface area (Å²) >= 11 is 0. The molecule has 0 aliphatic carbocycles. The second-order valence-corrected chi connectivity index (χ2v) is 7.95. The monoisotopic (exact) mass is 382 g/mol. The number of ether oxygens (including phenoxy) is 1. The van der Waals surface area contributed by atoms with Gasteiger partial charge in [-0.1, -0.05) is 25.0 Å². The third kappa shape index (κ3) is 3.95. The van der Waals surface area contributed by atoms with E-state index in [1.165, 1.54) is 18.4 Å². The molecule has 0 bridgehead atoms. The molecule has 2 aromatic rings. The summed E-state index contributed by atoms with van der Waals surface area (Å²) in [6.45, 7) is 6.26. The van der Waals surface area contributed by atoms with Crippen LogP contribution >= 0.6 is 0 Å². The highest BCUT2D eigenvalue weighted by Crippen LogP contribution is 2.30. The summed E-state index contributed by atoms with van der Waals surface area (Å²) in [4.78, 5) is 17.7. The second kappa shape index (κ2) is 8.39. The number of likely N-dealkylation sites (tertiary alicyclic amines) is 1. The van der Waals surface area contributed by atoms with Crippen LogP contribution in [0.15, 0.2) is 28.7 Å². The van der Waals surface area contributed by atoms with Crippen molar-refractivity contribution in [3.05, 3.63) is 52.5 Å². The van der Waals surface area contributed by atoms with E-state index < -0.39 is 0 Å². The van der Waals surface area contributed by atoms with Crippen LogP contribution in [-0.4, -0.2) is 42.5 Å². The molecule has 2 aliphatic rings. The number of carbonyl (C=O) groups excluding carboxylic acids is 1. The number of hydrogen-bond donors (Lipinski definition) is 0. The number of amides is 1. The van der Waals surface area contributed by atoms with Gasteiger partial charge in [-0.3, -0.25) is 9.69 Å². The van der Waals surface area contributed by atoms with Gasteiger partial charge in [-0.15, -0.1) is 0 Å². The molecular formula is C23H30N2O3. The Balaban J connectivity index is 1.51. The lowest BCUT2D eigenvalue weighted by molar-refractivity contribution is 0.0757. The van der Waals surface area contributed by atoms with E-state index in [0.29, 0.717) is 0 Å². The first kappa shape index (κ1) is 19.1. The van der Waals surface area contributed by atoms with Gasteiger partial charge in [0.15, 0.2) is 0 Å². The highest BCUT2D eigenvalue weighted by Gasteiger charge is 2.30. The third-order valence-electron chi connectivity index (χ3n) is 5.98. The second-order valence-electron chi connectivity index (χ2n) is 7.95. The first-order valence-corrected chi connectivity index (χ1v) is 10.4. The van der Waals surface area contributed by atoms with Crippen molar-refractivity contribution < 1.29 is 13.9 Å². The van der Waals surface area contributed by atoms with E-state index in [9.17, 15) is 4.79 Å². The standard InChI is InChI=1S/C23H30N2O3/c1-17-22(23(26)25-12-5-3-4-6-13-25)20-16-24(14-11-21(20)28-17)15-18-7-9-19(27-2)10-8-18/h7-10H,3-6,11-16H2,1-2H3. The molecule has 0 atom stereocenters. The molecule has 0 saturated carbocycles. The van der Waals surface area contributed by atoms with Gasteiger partial charge in [0.25, 0.3) is 5.91 Å². The van der Waals surface area contributed by atoms with Crippen LogP contribution in [-0.2, 0) is 19.5 Å². The minimum absolute atomic E-state index is 0.163. The van der Waals surface area contributed by atoms with Crippen molar-refractivity contribution in [1.29, 1.82) is 0 Å². The molecule has 1 saturated heterocycles. The minimum atomic E-state index is 0.163. The summed E-state index contributed by atoms with van der Waals surface area (Å²) in [7, 11) is 1.69. The normalized spacial score (nSPS) is 17.9. The van der Waals surface area contributed by atoms with Crippen LogP contribution in [0.3, 0.4) is 0 Å². The molecule has 0 unspecified atom stereocenters. The Labute approximate surface area is 167 Å². The molecule has 0 spiro atoms. The molecule has 4 rings (SSSR count). The maximum Gasteiger partial charge on any atom is 0.257 e. The van der Waals surface area contributed by atoms with Crippen LogP contribution in [0.2, 0.25) is 0 Å². The summed E-state index contributed by atoms with van der Waals surface area (Å²) in [5.41, 5.74) is 3.17. The average molecular weight is 383 g/mol. The topological polar surface area (TPSA) is 45.9 Å². The number of methoxy groups -OCH3 is 1. The molecule has 2 aliphatic heterocycles. The van der Waals surface area contributed by atoms with Crippen molar-refractivity contribution in [3.63, 3.8) is 0 Å². The van der Waals surface area contributed by atoms with Gasteiger partial charge in [0.2, 0.25) is 0 Å². The Morgan fingerprint density at radius 2 is 1.79 bits per heavy atom. The quantitative estimate of drug-likeness (QED) is 0.796. The molecular weight excluding hydrogens is 352 g/mol. The predicted molar refractivity (Wildman–Crippen MR) is 109 cm³/mol. The van der Waals surface area contributed by atoms with Crippen LogP contribution in [0.25, 0.3) is 0 Å². The van der Waals surface area contributed by atoms with E-state index in [4.69, 9.17) is 9.15 Å². The average Bonchev–Trinajstić information content (AvgIpc) is 2.87. The summed E-state index contributed by atoms with van der Waals surface area (Å²) < 4.78 is 11.3. The number of nitrogens with zero attached hydrogens (tertiary/aromatic N) is 2. The molecule has 5 heteroatoms. The molecule has 1 amide bonds. The van der Waals surface area contributed by atoms with Gasteiger partial charge >= 0.3 is 0 Å². The van der Waals surface area contributed by atoms with Crippen molar-refractivity contribution in [2.75, 3.05) is 26.7 Å². The van der Waals surface area contributed by atoms with E-state index in [0.717, 1.165) is 80.4 Å². The molecule has 3 heterocycles. The van der Waals surface area contributed by atoms with Crippen LogP contribution in [0, 0.1) is 6.92 Å². The van der Waals surface area contributed by atoms with Crippen LogP contribution in [0.1, 0.15) is 58.7 Å². The fourth-order valence-corrected chi connectivity index (χ4v) is 4.42. The summed E-state index contributed by atoms with van der Waals surface area (Å²) in [5.74, 6) is 2.82. The fourth-order valence-electron chi connectivity index (χ4n) is 4.42. The highest BCUT2D eigenvalue weighted by atomic mass is 16.5. The lowest BCUT2D eigenvalue weighted by Crippen LogP contribution is -2.35. The van der Waals surface area contributed by atoms with E-state index in [2.05, 4.69) is 17.0 Å². The number of furan rings is 1. The maximum atomic E-state index is 13.3. The van der Waals surface area contributed by atoms with Gasteiger partial charge in [-0.05, 0) is 37.5 Å². The summed E-state index contributed by atoms with van der Waals surface area (Å²) in [5, 5.41) is 0.